The van der Waals surface area contributed by atoms with Gasteiger partial charge in [-0.1, -0.05) is 25.6 Å². The predicted octanol–water partition coefficient (Wildman–Crippen LogP) is 2.72. The van der Waals surface area contributed by atoms with E-state index in [2.05, 4.69) is 31.0 Å². The van der Waals surface area contributed by atoms with Crippen LogP contribution in [0.15, 0.2) is 4.99 Å². The molecule has 0 bridgehead atoms. The van der Waals surface area contributed by atoms with Crippen LogP contribution >= 0.6 is 11.8 Å². The van der Waals surface area contributed by atoms with Gasteiger partial charge in [0.1, 0.15) is 0 Å². The zero-order chi connectivity index (χ0) is 13.0. The SMILES string of the molecule is CCC1(CC)CSC(=NCC(C)N2CCCC2)N1. The maximum Gasteiger partial charge on any atom is 0.157 e. The molecule has 18 heavy (non-hydrogen) atoms. The van der Waals surface area contributed by atoms with E-state index >= 15 is 0 Å². The Hall–Kier alpha value is -0.220. The lowest BCUT2D eigenvalue weighted by molar-refractivity contribution is 0.265. The minimum atomic E-state index is 0.306. The Morgan fingerprint density at radius 1 is 1.33 bits per heavy atom. The maximum absolute atomic E-state index is 4.79. The van der Waals surface area contributed by atoms with Crippen molar-refractivity contribution in [2.45, 2.75) is 58.0 Å². The van der Waals surface area contributed by atoms with Crippen LogP contribution in [0.25, 0.3) is 0 Å². The molecule has 1 atom stereocenters. The Labute approximate surface area is 116 Å². The summed E-state index contributed by atoms with van der Waals surface area (Å²) in [5.74, 6) is 1.18. The number of rotatable bonds is 5. The van der Waals surface area contributed by atoms with Gasteiger partial charge >= 0.3 is 0 Å². The van der Waals surface area contributed by atoms with Crippen LogP contribution in [0.1, 0.15) is 46.5 Å². The summed E-state index contributed by atoms with van der Waals surface area (Å²) in [7, 11) is 0. The first-order valence-corrected chi connectivity index (χ1v) is 8.37. The van der Waals surface area contributed by atoms with Gasteiger partial charge in [0.2, 0.25) is 0 Å². The van der Waals surface area contributed by atoms with E-state index in [1.165, 1.54) is 49.7 Å². The molecule has 104 valence electrons. The molecule has 2 aliphatic heterocycles. The lowest BCUT2D eigenvalue weighted by atomic mass is 9.96. The van der Waals surface area contributed by atoms with Crippen molar-refractivity contribution in [3.05, 3.63) is 0 Å². The van der Waals surface area contributed by atoms with Gasteiger partial charge in [-0.25, -0.2) is 0 Å². The zero-order valence-corrected chi connectivity index (χ0v) is 12.9. The smallest absolute Gasteiger partial charge is 0.157 e. The second-order valence-corrected chi connectivity index (χ2v) is 6.60. The molecule has 1 unspecified atom stereocenters. The van der Waals surface area contributed by atoms with E-state index in [-0.39, 0.29) is 0 Å². The Balaban J connectivity index is 1.83. The Kier molecular flexibility index (Phi) is 4.96. The largest absolute Gasteiger partial charge is 0.359 e. The van der Waals surface area contributed by atoms with Crippen LogP contribution in [0.2, 0.25) is 0 Å². The third kappa shape index (κ3) is 3.21. The molecule has 0 saturated carbocycles. The first-order valence-electron chi connectivity index (χ1n) is 7.38. The molecule has 2 heterocycles. The second-order valence-electron chi connectivity index (χ2n) is 5.64. The third-order valence-electron chi connectivity index (χ3n) is 4.47. The van der Waals surface area contributed by atoms with Gasteiger partial charge in [-0.3, -0.25) is 9.89 Å². The van der Waals surface area contributed by atoms with Gasteiger partial charge in [-0.15, -0.1) is 0 Å². The summed E-state index contributed by atoms with van der Waals surface area (Å²) in [6.07, 6.45) is 5.11. The fourth-order valence-corrected chi connectivity index (χ4v) is 4.08. The summed E-state index contributed by atoms with van der Waals surface area (Å²) >= 11 is 1.90. The van der Waals surface area contributed by atoms with Gasteiger partial charge in [-0.2, -0.15) is 0 Å². The van der Waals surface area contributed by atoms with Gasteiger partial charge in [0.25, 0.3) is 0 Å². The van der Waals surface area contributed by atoms with Gasteiger partial charge < -0.3 is 5.32 Å². The molecule has 4 heteroatoms. The van der Waals surface area contributed by atoms with Crippen molar-refractivity contribution in [3.63, 3.8) is 0 Å². The van der Waals surface area contributed by atoms with Crippen LogP contribution in [-0.4, -0.2) is 47.0 Å². The summed E-state index contributed by atoms with van der Waals surface area (Å²) in [5.41, 5.74) is 0.306. The number of aliphatic imine (C=N–C) groups is 1. The average Bonchev–Trinajstić information content (AvgIpc) is 3.06. The predicted molar refractivity (Wildman–Crippen MR) is 81.5 cm³/mol. The molecule has 0 aromatic heterocycles. The van der Waals surface area contributed by atoms with Gasteiger partial charge in [0.05, 0.1) is 6.54 Å². The van der Waals surface area contributed by atoms with Gasteiger partial charge in [-0.05, 0) is 45.7 Å². The molecule has 2 rings (SSSR count). The Bertz CT molecular complexity index is 293. The summed E-state index contributed by atoms with van der Waals surface area (Å²) in [4.78, 5) is 7.35. The number of amidine groups is 1. The third-order valence-corrected chi connectivity index (χ3v) is 5.68. The average molecular weight is 269 g/mol. The second kappa shape index (κ2) is 6.29. The molecule has 0 spiro atoms. The lowest BCUT2D eigenvalue weighted by Crippen LogP contribution is -2.42. The van der Waals surface area contributed by atoms with Crippen molar-refractivity contribution < 1.29 is 0 Å². The Morgan fingerprint density at radius 3 is 2.56 bits per heavy atom. The van der Waals surface area contributed by atoms with E-state index in [1.807, 2.05) is 11.8 Å². The molecular weight excluding hydrogens is 242 g/mol. The first-order chi connectivity index (χ1) is 8.69. The molecule has 2 saturated heterocycles. The highest BCUT2D eigenvalue weighted by Crippen LogP contribution is 2.29. The van der Waals surface area contributed by atoms with Crippen molar-refractivity contribution in [2.24, 2.45) is 4.99 Å². The quantitative estimate of drug-likeness (QED) is 0.831. The fourth-order valence-electron chi connectivity index (χ4n) is 2.73. The number of hydrogen-bond donors (Lipinski definition) is 1. The highest BCUT2D eigenvalue weighted by molar-refractivity contribution is 8.14. The molecule has 0 aromatic carbocycles. The van der Waals surface area contributed by atoms with Crippen molar-refractivity contribution in [1.82, 2.24) is 10.2 Å². The first kappa shape index (κ1) is 14.2. The zero-order valence-electron chi connectivity index (χ0n) is 12.0. The van der Waals surface area contributed by atoms with E-state index in [0.29, 0.717) is 11.6 Å². The molecule has 0 aliphatic carbocycles. The number of nitrogens with one attached hydrogen (secondary N) is 1. The monoisotopic (exact) mass is 269 g/mol. The number of nitrogens with zero attached hydrogens (tertiary/aromatic N) is 2. The maximum atomic E-state index is 4.79. The minimum absolute atomic E-state index is 0.306. The van der Waals surface area contributed by atoms with Gasteiger partial charge in [0, 0.05) is 17.3 Å². The number of thioether (sulfide) groups is 1. The molecule has 1 N–H and O–H groups in total. The highest BCUT2D eigenvalue weighted by atomic mass is 32.2. The number of likely N-dealkylation sites (tertiary alicyclic amines) is 1. The van der Waals surface area contributed by atoms with Gasteiger partial charge in [0.15, 0.2) is 5.17 Å². The summed E-state index contributed by atoms with van der Waals surface area (Å²) in [6, 6.07) is 0.598. The van der Waals surface area contributed by atoms with E-state index in [0.717, 1.165) is 6.54 Å². The van der Waals surface area contributed by atoms with Crippen molar-refractivity contribution in [2.75, 3.05) is 25.4 Å². The van der Waals surface area contributed by atoms with E-state index < -0.39 is 0 Å². The van der Waals surface area contributed by atoms with Crippen LogP contribution in [0.5, 0.6) is 0 Å². The van der Waals surface area contributed by atoms with E-state index in [4.69, 9.17) is 4.99 Å². The molecule has 0 amide bonds. The van der Waals surface area contributed by atoms with Crippen LogP contribution < -0.4 is 5.32 Å². The van der Waals surface area contributed by atoms with Crippen molar-refractivity contribution in [1.29, 1.82) is 0 Å². The minimum Gasteiger partial charge on any atom is -0.359 e. The molecule has 2 aliphatic rings. The molecule has 3 nitrogen and oxygen atoms in total. The molecule has 0 radical (unpaired) electrons. The standard InChI is InChI=1S/C14H27N3S/c1-4-14(5-2)11-18-13(16-14)15-10-12(3)17-8-6-7-9-17/h12H,4-11H2,1-3H3,(H,15,16). The number of hydrogen-bond acceptors (Lipinski definition) is 3. The fraction of sp³-hybridized carbons (Fsp3) is 0.929. The lowest BCUT2D eigenvalue weighted by Gasteiger charge is -2.25. The van der Waals surface area contributed by atoms with Crippen LogP contribution in [0, 0.1) is 0 Å². The highest BCUT2D eigenvalue weighted by Gasteiger charge is 2.33. The van der Waals surface area contributed by atoms with Crippen LogP contribution in [0.4, 0.5) is 0 Å². The van der Waals surface area contributed by atoms with Crippen molar-refractivity contribution >= 4 is 16.9 Å². The molecule has 0 aromatic rings. The van der Waals surface area contributed by atoms with Crippen LogP contribution in [-0.2, 0) is 0 Å². The normalized spacial score (nSPS) is 27.6. The summed E-state index contributed by atoms with van der Waals surface area (Å²) in [6.45, 7) is 10.3. The Morgan fingerprint density at radius 2 is 2.00 bits per heavy atom. The summed E-state index contributed by atoms with van der Waals surface area (Å²) < 4.78 is 0. The van der Waals surface area contributed by atoms with Crippen molar-refractivity contribution in [3.8, 4) is 0 Å². The van der Waals surface area contributed by atoms with Crippen LogP contribution in [0.3, 0.4) is 0 Å². The molecule has 2 fully saturated rings. The topological polar surface area (TPSA) is 27.6 Å². The molecular formula is C14H27N3S. The van der Waals surface area contributed by atoms with E-state index in [1.54, 1.807) is 0 Å². The van der Waals surface area contributed by atoms with E-state index in [9.17, 15) is 0 Å². The summed E-state index contributed by atoms with van der Waals surface area (Å²) in [5, 5.41) is 4.82.